The van der Waals surface area contributed by atoms with Crippen LogP contribution in [0.15, 0.2) is 40.5 Å². The number of amides is 1. The van der Waals surface area contributed by atoms with E-state index in [0.29, 0.717) is 29.4 Å². The van der Waals surface area contributed by atoms with Crippen molar-refractivity contribution in [3.05, 3.63) is 51.9 Å². The van der Waals surface area contributed by atoms with Crippen LogP contribution in [-0.4, -0.2) is 27.7 Å². The lowest BCUT2D eigenvalue weighted by Crippen LogP contribution is -2.32. The molecule has 0 spiro atoms. The molecule has 1 atom stereocenters. The monoisotopic (exact) mass is 415 g/mol. The fraction of sp³-hybridized carbons (Fsp3) is 0.381. The van der Waals surface area contributed by atoms with Gasteiger partial charge in [-0.3, -0.25) is 9.59 Å². The quantitative estimate of drug-likeness (QED) is 0.570. The zero-order valence-electron chi connectivity index (χ0n) is 16.3. The van der Waals surface area contributed by atoms with Crippen LogP contribution in [0.1, 0.15) is 33.0 Å². The molecule has 0 saturated carbocycles. The van der Waals surface area contributed by atoms with Gasteiger partial charge in [0.25, 0.3) is 5.56 Å². The van der Waals surface area contributed by atoms with Crippen LogP contribution in [0.2, 0.25) is 0 Å². The van der Waals surface area contributed by atoms with Gasteiger partial charge in [-0.1, -0.05) is 44.2 Å². The first-order valence-corrected chi connectivity index (χ1v) is 11.3. The van der Waals surface area contributed by atoms with E-state index in [1.807, 2.05) is 42.6 Å². The Bertz CT molecular complexity index is 996. The highest BCUT2D eigenvalue weighted by atomic mass is 32.2. The first kappa shape index (κ1) is 20.6. The number of rotatable bonds is 8. The Morgan fingerprint density at radius 2 is 2.00 bits per heavy atom. The molecule has 0 aliphatic carbocycles. The van der Waals surface area contributed by atoms with Gasteiger partial charge in [0.2, 0.25) is 5.91 Å². The summed E-state index contributed by atoms with van der Waals surface area (Å²) in [5.41, 5.74) is 1.79. The number of aromatic nitrogens is 2. The fourth-order valence-corrected chi connectivity index (χ4v) is 4.55. The molecule has 1 amide bonds. The van der Waals surface area contributed by atoms with E-state index in [-0.39, 0.29) is 16.7 Å². The predicted molar refractivity (Wildman–Crippen MR) is 119 cm³/mol. The number of benzene rings is 1. The molecule has 2 N–H and O–H groups in total. The van der Waals surface area contributed by atoms with Crippen molar-refractivity contribution < 1.29 is 4.79 Å². The third-order valence-corrected chi connectivity index (χ3v) is 6.46. The maximum atomic E-state index is 12.7. The minimum absolute atomic E-state index is 0.0246. The first-order valence-electron chi connectivity index (χ1n) is 9.41. The number of H-pyrrole nitrogens is 1. The SMILES string of the molecule is CC(C)CCNC(=O)C(C)SCc1nc2scc(-c3ccccc3)c2c(=O)[nH]1. The lowest BCUT2D eigenvalue weighted by molar-refractivity contribution is -0.120. The van der Waals surface area contributed by atoms with Gasteiger partial charge in [-0.2, -0.15) is 0 Å². The Kier molecular flexibility index (Phi) is 6.91. The van der Waals surface area contributed by atoms with Crippen LogP contribution >= 0.6 is 23.1 Å². The summed E-state index contributed by atoms with van der Waals surface area (Å²) < 4.78 is 0. The van der Waals surface area contributed by atoms with Gasteiger partial charge in [0.05, 0.1) is 16.4 Å². The molecule has 7 heteroatoms. The van der Waals surface area contributed by atoms with Crippen LogP contribution < -0.4 is 10.9 Å². The Labute approximate surface area is 173 Å². The third-order valence-electron chi connectivity index (χ3n) is 4.44. The largest absolute Gasteiger partial charge is 0.355 e. The van der Waals surface area contributed by atoms with Crippen LogP contribution in [0.4, 0.5) is 0 Å². The van der Waals surface area contributed by atoms with Crippen molar-refractivity contribution in [3.8, 4) is 11.1 Å². The first-order chi connectivity index (χ1) is 13.5. The molecular formula is C21H25N3O2S2. The van der Waals surface area contributed by atoms with Crippen LogP contribution in [0.3, 0.4) is 0 Å². The van der Waals surface area contributed by atoms with E-state index in [0.717, 1.165) is 22.4 Å². The van der Waals surface area contributed by atoms with Crippen molar-refractivity contribution in [1.82, 2.24) is 15.3 Å². The molecule has 2 aromatic heterocycles. The molecule has 0 saturated heterocycles. The van der Waals surface area contributed by atoms with E-state index in [4.69, 9.17) is 0 Å². The van der Waals surface area contributed by atoms with Gasteiger partial charge >= 0.3 is 0 Å². The van der Waals surface area contributed by atoms with Gasteiger partial charge in [0, 0.05) is 17.5 Å². The minimum Gasteiger partial charge on any atom is -0.355 e. The van der Waals surface area contributed by atoms with Gasteiger partial charge in [-0.05, 0) is 24.8 Å². The van der Waals surface area contributed by atoms with Crippen molar-refractivity contribution in [2.45, 2.75) is 38.2 Å². The number of nitrogens with zero attached hydrogens (tertiary/aromatic N) is 1. The van der Waals surface area contributed by atoms with Crippen molar-refractivity contribution in [2.75, 3.05) is 6.54 Å². The number of hydrogen-bond acceptors (Lipinski definition) is 5. The summed E-state index contributed by atoms with van der Waals surface area (Å²) in [5, 5.41) is 5.37. The molecule has 2 heterocycles. The number of hydrogen-bond donors (Lipinski definition) is 2. The fourth-order valence-electron chi connectivity index (χ4n) is 2.80. The molecule has 28 heavy (non-hydrogen) atoms. The van der Waals surface area contributed by atoms with E-state index < -0.39 is 0 Å². The summed E-state index contributed by atoms with van der Waals surface area (Å²) >= 11 is 2.95. The van der Waals surface area contributed by atoms with Gasteiger partial charge in [0.15, 0.2) is 0 Å². The maximum Gasteiger partial charge on any atom is 0.260 e. The van der Waals surface area contributed by atoms with E-state index in [1.165, 1.54) is 23.1 Å². The Hall–Kier alpha value is -2.12. The highest BCUT2D eigenvalue weighted by Crippen LogP contribution is 2.30. The third kappa shape index (κ3) is 5.02. The summed E-state index contributed by atoms with van der Waals surface area (Å²) in [6.07, 6.45) is 0.969. The Balaban J connectivity index is 1.68. The van der Waals surface area contributed by atoms with Crippen LogP contribution in [0.25, 0.3) is 21.3 Å². The second kappa shape index (κ2) is 9.39. The predicted octanol–water partition coefficient (Wildman–Crippen LogP) is 4.44. The van der Waals surface area contributed by atoms with Crippen molar-refractivity contribution in [1.29, 1.82) is 0 Å². The molecule has 5 nitrogen and oxygen atoms in total. The minimum atomic E-state index is -0.198. The standard InChI is InChI=1S/C21H25N3O2S2/c1-13(2)9-10-22-19(25)14(3)27-12-17-23-20(26)18-16(11-28-21(18)24-17)15-7-5-4-6-8-15/h4-8,11,13-14H,9-10,12H2,1-3H3,(H,22,25)(H,23,24,26). The highest BCUT2D eigenvalue weighted by molar-refractivity contribution is 7.99. The number of fused-ring (bicyclic) bond motifs is 1. The Morgan fingerprint density at radius 1 is 1.25 bits per heavy atom. The summed E-state index contributed by atoms with van der Waals surface area (Å²) in [7, 11) is 0. The van der Waals surface area contributed by atoms with Gasteiger partial charge in [-0.25, -0.2) is 4.98 Å². The second-order valence-corrected chi connectivity index (χ2v) is 9.32. The van der Waals surface area contributed by atoms with E-state index >= 15 is 0 Å². The average Bonchev–Trinajstić information content (AvgIpc) is 3.11. The zero-order valence-corrected chi connectivity index (χ0v) is 18.0. The molecule has 0 aliphatic heterocycles. The van der Waals surface area contributed by atoms with E-state index in [2.05, 4.69) is 29.1 Å². The van der Waals surface area contributed by atoms with Crippen molar-refractivity contribution >= 4 is 39.2 Å². The Morgan fingerprint density at radius 3 is 2.71 bits per heavy atom. The lowest BCUT2D eigenvalue weighted by Gasteiger charge is -2.12. The molecule has 148 valence electrons. The van der Waals surface area contributed by atoms with Crippen molar-refractivity contribution in [3.63, 3.8) is 0 Å². The van der Waals surface area contributed by atoms with E-state index in [1.54, 1.807) is 0 Å². The normalized spacial score (nSPS) is 12.4. The lowest BCUT2D eigenvalue weighted by atomic mass is 10.1. The number of carbonyl (C=O) groups excluding carboxylic acids is 1. The molecule has 1 unspecified atom stereocenters. The number of thioether (sulfide) groups is 1. The summed E-state index contributed by atoms with van der Waals surface area (Å²) in [5.74, 6) is 1.68. The number of nitrogens with one attached hydrogen (secondary N) is 2. The van der Waals surface area contributed by atoms with Gasteiger partial charge in [-0.15, -0.1) is 23.1 Å². The van der Waals surface area contributed by atoms with E-state index in [9.17, 15) is 9.59 Å². The second-order valence-electron chi connectivity index (χ2n) is 7.13. The molecule has 1 aromatic carbocycles. The summed E-state index contributed by atoms with van der Waals surface area (Å²) in [6.45, 7) is 6.84. The molecule has 3 aromatic rings. The van der Waals surface area contributed by atoms with Gasteiger partial charge in [0.1, 0.15) is 10.7 Å². The number of thiophene rings is 1. The highest BCUT2D eigenvalue weighted by Gasteiger charge is 2.16. The summed E-state index contributed by atoms with van der Waals surface area (Å²) in [6, 6.07) is 9.85. The average molecular weight is 416 g/mol. The smallest absolute Gasteiger partial charge is 0.260 e. The van der Waals surface area contributed by atoms with Crippen LogP contribution in [0, 0.1) is 5.92 Å². The van der Waals surface area contributed by atoms with Crippen molar-refractivity contribution in [2.24, 2.45) is 5.92 Å². The number of aromatic amines is 1. The zero-order chi connectivity index (χ0) is 20.1. The molecule has 3 rings (SSSR count). The van der Waals surface area contributed by atoms with Crippen LogP contribution in [-0.2, 0) is 10.5 Å². The molecule has 0 radical (unpaired) electrons. The molecule has 0 bridgehead atoms. The summed E-state index contributed by atoms with van der Waals surface area (Å²) in [4.78, 5) is 33.0. The maximum absolute atomic E-state index is 12.7. The topological polar surface area (TPSA) is 74.8 Å². The molecular weight excluding hydrogens is 390 g/mol. The van der Waals surface area contributed by atoms with Crippen LogP contribution in [0.5, 0.6) is 0 Å². The molecule has 0 aliphatic rings. The number of carbonyl (C=O) groups is 1. The molecule has 0 fully saturated rings. The van der Waals surface area contributed by atoms with Gasteiger partial charge < -0.3 is 10.3 Å².